The van der Waals surface area contributed by atoms with Crippen molar-refractivity contribution in [3.8, 4) is 5.75 Å². The second-order valence-electron chi connectivity index (χ2n) is 5.27. The molecule has 3 rings (SSSR count). The fourth-order valence-electron chi connectivity index (χ4n) is 2.64. The molecular formula is C17H18ClNO. The second kappa shape index (κ2) is 5.86. The van der Waals surface area contributed by atoms with Gasteiger partial charge in [-0.05, 0) is 48.9 Å². The van der Waals surface area contributed by atoms with Crippen LogP contribution in [0.15, 0.2) is 48.5 Å². The number of hydrogen-bond acceptors (Lipinski definition) is 2. The Labute approximate surface area is 124 Å². The largest absolute Gasteiger partial charge is 0.484 e. The Hall–Kier alpha value is -1.51. The summed E-state index contributed by atoms with van der Waals surface area (Å²) in [4.78, 5) is 2.32. The van der Waals surface area contributed by atoms with Crippen LogP contribution in [0.4, 0.5) is 0 Å². The van der Waals surface area contributed by atoms with Gasteiger partial charge in [-0.1, -0.05) is 35.9 Å². The van der Waals surface area contributed by atoms with Crippen LogP contribution >= 0.6 is 11.6 Å². The maximum absolute atomic E-state index is 6.19. The van der Waals surface area contributed by atoms with Gasteiger partial charge in [0, 0.05) is 18.1 Å². The van der Waals surface area contributed by atoms with Crippen LogP contribution in [0.1, 0.15) is 17.2 Å². The van der Waals surface area contributed by atoms with Crippen molar-refractivity contribution in [2.24, 2.45) is 0 Å². The third kappa shape index (κ3) is 2.97. The van der Waals surface area contributed by atoms with Crippen LogP contribution in [-0.2, 0) is 6.42 Å². The van der Waals surface area contributed by atoms with Gasteiger partial charge >= 0.3 is 0 Å². The molecule has 0 aliphatic carbocycles. The van der Waals surface area contributed by atoms with Crippen LogP contribution in [0.2, 0.25) is 5.02 Å². The predicted molar refractivity (Wildman–Crippen MR) is 82.5 cm³/mol. The van der Waals surface area contributed by atoms with Gasteiger partial charge in [0.2, 0.25) is 0 Å². The second-order valence-corrected chi connectivity index (χ2v) is 5.71. The number of ether oxygens (including phenoxy) is 1. The molecule has 1 unspecified atom stereocenters. The van der Waals surface area contributed by atoms with E-state index in [0.29, 0.717) is 0 Å². The number of halogens is 1. The van der Waals surface area contributed by atoms with Crippen molar-refractivity contribution in [1.29, 1.82) is 0 Å². The Morgan fingerprint density at radius 3 is 2.65 bits per heavy atom. The number of fused-ring (bicyclic) bond motifs is 1. The Kier molecular flexibility index (Phi) is 3.95. The normalized spacial score (nSPS) is 19.2. The first kappa shape index (κ1) is 13.5. The molecule has 1 heterocycles. The molecule has 0 saturated carbocycles. The first-order chi connectivity index (χ1) is 9.72. The third-order valence-corrected chi connectivity index (χ3v) is 3.99. The van der Waals surface area contributed by atoms with Crippen LogP contribution in [0.5, 0.6) is 5.75 Å². The molecule has 2 nitrogen and oxygen atoms in total. The van der Waals surface area contributed by atoms with E-state index in [0.717, 1.165) is 30.3 Å². The summed E-state index contributed by atoms with van der Waals surface area (Å²) in [6.45, 7) is 1.97. The number of rotatable bonds is 2. The van der Waals surface area contributed by atoms with Crippen LogP contribution in [-0.4, -0.2) is 25.0 Å². The fourth-order valence-corrected chi connectivity index (χ4v) is 2.76. The molecule has 1 aliphatic rings. The quantitative estimate of drug-likeness (QED) is 0.829. The summed E-state index contributed by atoms with van der Waals surface area (Å²) in [5.74, 6) is 0.865. The lowest BCUT2D eigenvalue weighted by molar-refractivity contribution is 0.156. The molecule has 1 aliphatic heterocycles. The van der Waals surface area contributed by atoms with E-state index in [1.165, 1.54) is 11.1 Å². The van der Waals surface area contributed by atoms with Crippen molar-refractivity contribution < 1.29 is 4.74 Å². The van der Waals surface area contributed by atoms with Gasteiger partial charge in [-0.3, -0.25) is 0 Å². The molecule has 0 aromatic heterocycles. The van der Waals surface area contributed by atoms with Gasteiger partial charge in [0.1, 0.15) is 11.9 Å². The molecule has 2 aromatic carbocycles. The zero-order valence-electron chi connectivity index (χ0n) is 11.6. The van der Waals surface area contributed by atoms with Gasteiger partial charge < -0.3 is 9.64 Å². The molecule has 104 valence electrons. The minimum absolute atomic E-state index is 0.0693. The van der Waals surface area contributed by atoms with Crippen molar-refractivity contribution in [2.75, 3.05) is 20.1 Å². The number of benzene rings is 2. The zero-order valence-corrected chi connectivity index (χ0v) is 12.3. The first-order valence-corrected chi connectivity index (χ1v) is 7.29. The molecule has 3 heteroatoms. The lowest BCUT2D eigenvalue weighted by Crippen LogP contribution is -2.26. The first-order valence-electron chi connectivity index (χ1n) is 6.91. The van der Waals surface area contributed by atoms with Crippen LogP contribution in [0, 0.1) is 0 Å². The summed E-state index contributed by atoms with van der Waals surface area (Å²) in [6, 6.07) is 16.1. The highest BCUT2D eigenvalue weighted by atomic mass is 35.5. The standard InChI is InChI=1S/C17H18ClNO/c1-19-11-10-13-4-2-3-5-16(13)17(12-19)20-15-8-6-14(18)7-9-15/h2-9,17H,10-12H2,1H3. The zero-order chi connectivity index (χ0) is 13.9. The van der Waals surface area contributed by atoms with E-state index in [4.69, 9.17) is 16.3 Å². The van der Waals surface area contributed by atoms with Gasteiger partial charge in [-0.2, -0.15) is 0 Å². The highest BCUT2D eigenvalue weighted by Crippen LogP contribution is 2.28. The van der Waals surface area contributed by atoms with Crippen molar-refractivity contribution in [3.05, 3.63) is 64.7 Å². The number of likely N-dealkylation sites (N-methyl/N-ethyl adjacent to an activating group) is 1. The van der Waals surface area contributed by atoms with Gasteiger partial charge in [-0.15, -0.1) is 0 Å². The van der Waals surface area contributed by atoms with E-state index in [-0.39, 0.29) is 6.10 Å². The van der Waals surface area contributed by atoms with Crippen molar-refractivity contribution in [1.82, 2.24) is 4.90 Å². The lowest BCUT2D eigenvalue weighted by Gasteiger charge is -2.22. The van der Waals surface area contributed by atoms with Crippen LogP contribution in [0.25, 0.3) is 0 Å². The average Bonchev–Trinajstić information content (AvgIpc) is 2.62. The van der Waals surface area contributed by atoms with Crippen LogP contribution < -0.4 is 4.74 Å². The molecule has 0 radical (unpaired) electrons. The molecule has 20 heavy (non-hydrogen) atoms. The highest BCUT2D eigenvalue weighted by Gasteiger charge is 2.22. The topological polar surface area (TPSA) is 12.5 Å². The molecule has 0 fully saturated rings. The molecule has 0 N–H and O–H groups in total. The molecule has 0 spiro atoms. The van der Waals surface area contributed by atoms with Gasteiger partial charge in [0.15, 0.2) is 0 Å². The van der Waals surface area contributed by atoms with E-state index in [2.05, 4.69) is 36.2 Å². The van der Waals surface area contributed by atoms with Gasteiger partial charge in [-0.25, -0.2) is 0 Å². The minimum Gasteiger partial charge on any atom is -0.484 e. The number of hydrogen-bond donors (Lipinski definition) is 0. The SMILES string of the molecule is CN1CCc2ccccc2C(Oc2ccc(Cl)cc2)C1. The van der Waals surface area contributed by atoms with Crippen LogP contribution in [0.3, 0.4) is 0 Å². The summed E-state index contributed by atoms with van der Waals surface area (Å²) in [6.07, 6.45) is 1.15. The Bertz CT molecular complexity index is 582. The summed E-state index contributed by atoms with van der Waals surface area (Å²) in [5.41, 5.74) is 2.68. The maximum Gasteiger partial charge on any atom is 0.137 e. The molecule has 0 amide bonds. The maximum atomic E-state index is 6.19. The van der Waals surface area contributed by atoms with E-state index in [9.17, 15) is 0 Å². The summed E-state index contributed by atoms with van der Waals surface area (Å²) in [7, 11) is 2.14. The van der Waals surface area contributed by atoms with E-state index in [1.54, 1.807) is 0 Å². The summed E-state index contributed by atoms with van der Waals surface area (Å²) >= 11 is 5.92. The third-order valence-electron chi connectivity index (χ3n) is 3.73. The molecule has 2 aromatic rings. The monoisotopic (exact) mass is 287 g/mol. The fraction of sp³-hybridized carbons (Fsp3) is 0.294. The summed E-state index contributed by atoms with van der Waals surface area (Å²) in [5, 5.41) is 0.732. The Morgan fingerprint density at radius 1 is 1.10 bits per heavy atom. The minimum atomic E-state index is 0.0693. The van der Waals surface area contributed by atoms with E-state index in [1.807, 2.05) is 24.3 Å². The molecule has 0 saturated heterocycles. The van der Waals surface area contributed by atoms with Gasteiger partial charge in [0.05, 0.1) is 0 Å². The highest BCUT2D eigenvalue weighted by molar-refractivity contribution is 6.30. The smallest absolute Gasteiger partial charge is 0.137 e. The van der Waals surface area contributed by atoms with E-state index >= 15 is 0 Å². The Balaban J connectivity index is 1.88. The number of nitrogens with zero attached hydrogens (tertiary/aromatic N) is 1. The average molecular weight is 288 g/mol. The lowest BCUT2D eigenvalue weighted by atomic mass is 10.0. The van der Waals surface area contributed by atoms with Crippen molar-refractivity contribution in [2.45, 2.75) is 12.5 Å². The molecule has 0 bridgehead atoms. The molecular weight excluding hydrogens is 270 g/mol. The molecule has 1 atom stereocenters. The Morgan fingerprint density at radius 2 is 1.85 bits per heavy atom. The predicted octanol–water partition coefficient (Wildman–Crippen LogP) is 3.95. The summed E-state index contributed by atoms with van der Waals surface area (Å²) < 4.78 is 6.19. The van der Waals surface area contributed by atoms with E-state index < -0.39 is 0 Å². The van der Waals surface area contributed by atoms with Crippen molar-refractivity contribution in [3.63, 3.8) is 0 Å². The van der Waals surface area contributed by atoms with Gasteiger partial charge in [0.25, 0.3) is 0 Å². The van der Waals surface area contributed by atoms with Crippen molar-refractivity contribution >= 4 is 11.6 Å².